The zero-order valence-corrected chi connectivity index (χ0v) is 10.2. The van der Waals surface area contributed by atoms with Crippen LogP contribution < -0.4 is 0 Å². The third-order valence-corrected chi connectivity index (χ3v) is 3.31. The normalized spacial score (nSPS) is 29.9. The molecule has 1 unspecified atom stereocenters. The predicted octanol–water partition coefficient (Wildman–Crippen LogP) is 3.15. The van der Waals surface area contributed by atoms with Gasteiger partial charge >= 0.3 is 5.97 Å². The molecule has 1 saturated carbocycles. The van der Waals surface area contributed by atoms with Crippen molar-refractivity contribution in [3.05, 3.63) is 0 Å². The van der Waals surface area contributed by atoms with Gasteiger partial charge in [-0.25, -0.2) is 0 Å². The van der Waals surface area contributed by atoms with Gasteiger partial charge in [0.05, 0.1) is 5.41 Å². The molecule has 2 heteroatoms. The summed E-state index contributed by atoms with van der Waals surface area (Å²) >= 11 is 0. The molecule has 0 spiro atoms. The topological polar surface area (TPSA) is 26.3 Å². The van der Waals surface area contributed by atoms with Gasteiger partial charge in [-0.3, -0.25) is 4.79 Å². The van der Waals surface area contributed by atoms with E-state index in [0.29, 0.717) is 0 Å². The molecule has 1 aliphatic carbocycles. The van der Waals surface area contributed by atoms with Crippen LogP contribution in [0.15, 0.2) is 0 Å². The smallest absolute Gasteiger partial charge is 0.313 e. The molecular weight excluding hydrogens is 176 g/mol. The molecule has 0 radical (unpaired) electrons. The third-order valence-electron chi connectivity index (χ3n) is 3.31. The maximum Gasteiger partial charge on any atom is 0.313 e. The van der Waals surface area contributed by atoms with Gasteiger partial charge in [-0.15, -0.1) is 0 Å². The molecule has 0 heterocycles. The average Bonchev–Trinajstić information content (AvgIpc) is 2.51. The molecule has 1 atom stereocenters. The molecule has 0 aromatic carbocycles. The van der Waals surface area contributed by atoms with Crippen LogP contribution in [0.4, 0.5) is 0 Å². The maximum atomic E-state index is 12.0. The summed E-state index contributed by atoms with van der Waals surface area (Å²) in [6.45, 7) is 12.1. The minimum absolute atomic E-state index is 0.0162. The molecule has 0 aliphatic heterocycles. The summed E-state index contributed by atoms with van der Waals surface area (Å²) < 4.78 is 5.45. The van der Waals surface area contributed by atoms with Gasteiger partial charge in [-0.1, -0.05) is 20.8 Å². The summed E-state index contributed by atoms with van der Waals surface area (Å²) in [4.78, 5) is 12.0. The number of carbonyl (C=O) groups excluding carboxylic acids is 1. The third kappa shape index (κ3) is 1.79. The highest BCUT2D eigenvalue weighted by Gasteiger charge is 2.66. The molecule has 82 valence electrons. The summed E-state index contributed by atoms with van der Waals surface area (Å²) in [7, 11) is 0. The predicted molar refractivity (Wildman–Crippen MR) is 57.0 cm³/mol. The second-order valence-electron chi connectivity index (χ2n) is 6.00. The lowest BCUT2D eigenvalue weighted by Gasteiger charge is -2.25. The summed E-state index contributed by atoms with van der Waals surface area (Å²) in [6, 6.07) is 0. The summed E-state index contributed by atoms with van der Waals surface area (Å²) in [5, 5.41) is 0. The van der Waals surface area contributed by atoms with E-state index < -0.39 is 0 Å². The van der Waals surface area contributed by atoms with Crippen molar-refractivity contribution in [3.63, 3.8) is 0 Å². The van der Waals surface area contributed by atoms with E-state index in [1.807, 2.05) is 20.8 Å². The molecule has 2 nitrogen and oxygen atoms in total. The standard InChI is InChI=1S/C12H22O2/c1-7-12(8-11(12,5)6)9(13)14-10(2,3)4/h7-8H2,1-6H3. The number of ether oxygens (including phenoxy) is 1. The second kappa shape index (κ2) is 2.98. The van der Waals surface area contributed by atoms with Gasteiger partial charge in [0.25, 0.3) is 0 Å². The lowest BCUT2D eigenvalue weighted by molar-refractivity contribution is -0.163. The van der Waals surface area contributed by atoms with Crippen molar-refractivity contribution in [1.82, 2.24) is 0 Å². The first-order valence-corrected chi connectivity index (χ1v) is 5.38. The first-order chi connectivity index (χ1) is 6.15. The largest absolute Gasteiger partial charge is 0.460 e. The Labute approximate surface area is 87.0 Å². The average molecular weight is 198 g/mol. The molecule has 14 heavy (non-hydrogen) atoms. The summed E-state index contributed by atoms with van der Waals surface area (Å²) in [6.07, 6.45) is 1.85. The molecule has 1 aliphatic rings. The first-order valence-electron chi connectivity index (χ1n) is 5.38. The van der Waals surface area contributed by atoms with Gasteiger partial charge in [-0.05, 0) is 39.0 Å². The molecule has 0 saturated heterocycles. The molecule has 0 aromatic heterocycles. The van der Waals surface area contributed by atoms with Gasteiger partial charge in [-0.2, -0.15) is 0 Å². The Morgan fingerprint density at radius 2 is 1.79 bits per heavy atom. The monoisotopic (exact) mass is 198 g/mol. The van der Waals surface area contributed by atoms with Crippen LogP contribution in [0.5, 0.6) is 0 Å². The molecule has 1 rings (SSSR count). The van der Waals surface area contributed by atoms with E-state index in [0.717, 1.165) is 12.8 Å². The summed E-state index contributed by atoms with van der Waals surface area (Å²) in [5.74, 6) is -0.0162. The van der Waals surface area contributed by atoms with E-state index in [-0.39, 0.29) is 22.4 Å². The fraction of sp³-hybridized carbons (Fsp3) is 0.917. The second-order valence-corrected chi connectivity index (χ2v) is 6.00. The molecule has 0 N–H and O–H groups in total. The number of hydrogen-bond acceptors (Lipinski definition) is 2. The minimum atomic E-state index is -0.363. The van der Waals surface area contributed by atoms with Crippen LogP contribution in [0.25, 0.3) is 0 Å². The van der Waals surface area contributed by atoms with E-state index in [2.05, 4.69) is 20.8 Å². The van der Waals surface area contributed by atoms with E-state index in [1.165, 1.54) is 0 Å². The van der Waals surface area contributed by atoms with Gasteiger partial charge in [0.15, 0.2) is 0 Å². The molecule has 1 fully saturated rings. The molecule has 0 bridgehead atoms. The van der Waals surface area contributed by atoms with Crippen LogP contribution in [0.2, 0.25) is 0 Å². The zero-order valence-electron chi connectivity index (χ0n) is 10.2. The van der Waals surface area contributed by atoms with E-state index >= 15 is 0 Å². The summed E-state index contributed by atoms with van der Waals surface area (Å²) in [5.41, 5.74) is -0.442. The fourth-order valence-corrected chi connectivity index (χ4v) is 2.18. The van der Waals surface area contributed by atoms with Crippen LogP contribution in [0.1, 0.15) is 54.4 Å². The van der Waals surface area contributed by atoms with Crippen molar-refractivity contribution in [2.24, 2.45) is 10.8 Å². The highest BCUT2D eigenvalue weighted by molar-refractivity contribution is 5.82. The fourth-order valence-electron chi connectivity index (χ4n) is 2.18. The highest BCUT2D eigenvalue weighted by Crippen LogP contribution is 2.66. The number of carbonyl (C=O) groups is 1. The number of hydrogen-bond donors (Lipinski definition) is 0. The Kier molecular flexibility index (Phi) is 2.46. The van der Waals surface area contributed by atoms with E-state index in [1.54, 1.807) is 0 Å². The van der Waals surface area contributed by atoms with Crippen LogP contribution in [-0.2, 0) is 9.53 Å². The van der Waals surface area contributed by atoms with Gasteiger partial charge < -0.3 is 4.74 Å². The lowest BCUT2D eigenvalue weighted by atomic mass is 9.93. The maximum absolute atomic E-state index is 12.0. The number of esters is 1. The quantitative estimate of drug-likeness (QED) is 0.637. The van der Waals surface area contributed by atoms with Gasteiger partial charge in [0.2, 0.25) is 0 Å². The van der Waals surface area contributed by atoms with Crippen molar-refractivity contribution >= 4 is 5.97 Å². The highest BCUT2D eigenvalue weighted by atomic mass is 16.6. The molecule has 0 amide bonds. The van der Waals surface area contributed by atoms with E-state index in [9.17, 15) is 4.79 Å². The van der Waals surface area contributed by atoms with Crippen molar-refractivity contribution in [3.8, 4) is 0 Å². The molecule has 0 aromatic rings. The van der Waals surface area contributed by atoms with Crippen molar-refractivity contribution < 1.29 is 9.53 Å². The number of rotatable bonds is 2. The van der Waals surface area contributed by atoms with E-state index in [4.69, 9.17) is 4.74 Å². The van der Waals surface area contributed by atoms with Crippen molar-refractivity contribution in [2.45, 2.75) is 60.0 Å². The van der Waals surface area contributed by atoms with Crippen molar-refractivity contribution in [1.29, 1.82) is 0 Å². The van der Waals surface area contributed by atoms with Crippen LogP contribution >= 0.6 is 0 Å². The van der Waals surface area contributed by atoms with Crippen LogP contribution in [0, 0.1) is 10.8 Å². The van der Waals surface area contributed by atoms with Gasteiger partial charge in [0.1, 0.15) is 5.60 Å². The Balaban J connectivity index is 2.71. The zero-order chi connectivity index (χ0) is 11.2. The first kappa shape index (κ1) is 11.5. The Morgan fingerprint density at radius 3 is 2.00 bits per heavy atom. The van der Waals surface area contributed by atoms with Crippen LogP contribution in [0.3, 0.4) is 0 Å². The van der Waals surface area contributed by atoms with Gasteiger partial charge in [0, 0.05) is 0 Å². The minimum Gasteiger partial charge on any atom is -0.460 e. The Bertz CT molecular complexity index is 248. The Morgan fingerprint density at radius 1 is 1.36 bits per heavy atom. The van der Waals surface area contributed by atoms with Crippen LogP contribution in [-0.4, -0.2) is 11.6 Å². The Hall–Kier alpha value is -0.530. The molecular formula is C12H22O2. The van der Waals surface area contributed by atoms with Crippen molar-refractivity contribution in [2.75, 3.05) is 0 Å². The lowest BCUT2D eigenvalue weighted by Crippen LogP contribution is -2.31. The SMILES string of the molecule is CCC1(C(=O)OC(C)(C)C)CC1(C)C.